The van der Waals surface area contributed by atoms with E-state index in [0.717, 1.165) is 11.1 Å². The quantitative estimate of drug-likeness (QED) is 0.412. The van der Waals surface area contributed by atoms with Crippen LogP contribution in [0.15, 0.2) is 54.6 Å². The van der Waals surface area contributed by atoms with Crippen LogP contribution in [0.5, 0.6) is 5.75 Å². The topological polar surface area (TPSA) is 120 Å². The smallest absolute Gasteiger partial charge is 0.326 e. The van der Waals surface area contributed by atoms with E-state index >= 15 is 0 Å². The molecule has 2 aromatic carbocycles. The second-order valence-electron chi connectivity index (χ2n) is 9.00. The lowest BCUT2D eigenvalue weighted by Crippen LogP contribution is -2.41. The van der Waals surface area contributed by atoms with Gasteiger partial charge in [0.1, 0.15) is 24.3 Å². The third-order valence-electron chi connectivity index (χ3n) is 6.19. The second-order valence-corrected chi connectivity index (χ2v) is 9.00. The molecule has 1 aliphatic heterocycles. The van der Waals surface area contributed by atoms with Crippen molar-refractivity contribution in [3.8, 4) is 5.75 Å². The molecule has 38 heavy (non-hydrogen) atoms. The van der Waals surface area contributed by atoms with Gasteiger partial charge >= 0.3 is 5.97 Å². The summed E-state index contributed by atoms with van der Waals surface area (Å²) in [6, 6.07) is 14.6. The largest absolute Gasteiger partial charge is 0.485 e. The van der Waals surface area contributed by atoms with E-state index in [2.05, 4.69) is 15.3 Å². The molecule has 2 N–H and O–H groups in total. The third kappa shape index (κ3) is 6.90. The SMILES string of the molecule is CCC(NC(=O)c1nc(C[C@H]2OC[C@H](c3ccc(F)cc3)CO2)nc(C)c1OCc1ccccc1)C(=O)O. The summed E-state index contributed by atoms with van der Waals surface area (Å²) in [4.78, 5) is 33.6. The summed E-state index contributed by atoms with van der Waals surface area (Å²) in [5.41, 5.74) is 2.18. The van der Waals surface area contributed by atoms with Gasteiger partial charge in [0.2, 0.25) is 0 Å². The first-order valence-electron chi connectivity index (χ1n) is 12.4. The van der Waals surface area contributed by atoms with Gasteiger partial charge in [-0.25, -0.2) is 19.2 Å². The molecule has 1 fully saturated rings. The number of rotatable bonds is 10. The number of nitrogens with one attached hydrogen (secondary N) is 1. The van der Waals surface area contributed by atoms with Gasteiger partial charge in [0.15, 0.2) is 17.7 Å². The number of carbonyl (C=O) groups is 2. The highest BCUT2D eigenvalue weighted by molar-refractivity contribution is 5.97. The maximum absolute atomic E-state index is 13.2. The number of halogens is 1. The molecule has 2 heterocycles. The van der Waals surface area contributed by atoms with Crippen LogP contribution >= 0.6 is 0 Å². The van der Waals surface area contributed by atoms with Crippen molar-refractivity contribution in [3.63, 3.8) is 0 Å². The number of aromatic nitrogens is 2. The molecule has 1 unspecified atom stereocenters. The van der Waals surface area contributed by atoms with Gasteiger partial charge in [0, 0.05) is 5.92 Å². The van der Waals surface area contributed by atoms with Crippen LogP contribution in [0.25, 0.3) is 0 Å². The standard InChI is InChI=1S/C28H30FN3O6/c1-3-22(28(34)35)31-27(33)25-26(38-14-18-7-5-4-6-8-18)17(2)30-23(32-25)13-24-36-15-20(16-37-24)19-9-11-21(29)12-10-19/h4-12,20,22,24H,3,13-16H2,1-2H3,(H,31,33)(H,34,35)/t20-,22?,24-. The van der Waals surface area contributed by atoms with E-state index < -0.39 is 24.2 Å². The summed E-state index contributed by atoms with van der Waals surface area (Å²) in [5, 5.41) is 11.9. The van der Waals surface area contributed by atoms with Crippen LogP contribution in [0.4, 0.5) is 4.39 Å². The summed E-state index contributed by atoms with van der Waals surface area (Å²) < 4.78 is 30.9. The third-order valence-corrected chi connectivity index (χ3v) is 6.19. The fraction of sp³-hybridized carbons (Fsp3) is 0.357. The van der Waals surface area contributed by atoms with Gasteiger partial charge in [-0.05, 0) is 36.6 Å². The Balaban J connectivity index is 1.50. The Labute approximate surface area is 220 Å². The van der Waals surface area contributed by atoms with Gasteiger partial charge in [-0.15, -0.1) is 0 Å². The Morgan fingerprint density at radius 2 is 1.79 bits per heavy atom. The molecule has 0 aliphatic carbocycles. The average molecular weight is 524 g/mol. The first kappa shape index (κ1) is 27.2. The number of benzene rings is 2. The summed E-state index contributed by atoms with van der Waals surface area (Å²) in [5.74, 6) is -1.67. The van der Waals surface area contributed by atoms with E-state index in [-0.39, 0.29) is 42.6 Å². The number of ether oxygens (including phenoxy) is 3. The van der Waals surface area contributed by atoms with Crippen LogP contribution in [0.3, 0.4) is 0 Å². The molecule has 1 amide bonds. The fourth-order valence-corrected chi connectivity index (χ4v) is 4.07. The summed E-state index contributed by atoms with van der Waals surface area (Å²) in [6.07, 6.45) is -0.260. The Morgan fingerprint density at radius 1 is 1.11 bits per heavy atom. The lowest BCUT2D eigenvalue weighted by Gasteiger charge is -2.29. The molecule has 200 valence electrons. The Morgan fingerprint density at radius 3 is 2.42 bits per heavy atom. The number of aliphatic carboxylic acids is 1. The van der Waals surface area contributed by atoms with E-state index in [1.54, 1.807) is 26.0 Å². The monoisotopic (exact) mass is 523 g/mol. The molecule has 3 aromatic rings. The minimum Gasteiger partial charge on any atom is -0.485 e. The number of amides is 1. The van der Waals surface area contributed by atoms with Crippen molar-refractivity contribution in [2.75, 3.05) is 13.2 Å². The van der Waals surface area contributed by atoms with Crippen LogP contribution < -0.4 is 10.1 Å². The number of hydrogen-bond acceptors (Lipinski definition) is 7. The van der Waals surface area contributed by atoms with Crippen molar-refractivity contribution in [1.29, 1.82) is 0 Å². The normalized spacial score (nSPS) is 18.0. The van der Waals surface area contributed by atoms with Crippen LogP contribution in [0, 0.1) is 12.7 Å². The zero-order chi connectivity index (χ0) is 27.1. The van der Waals surface area contributed by atoms with E-state index in [1.165, 1.54) is 12.1 Å². The minimum absolute atomic E-state index is 0.0356. The molecule has 0 radical (unpaired) electrons. The molecule has 1 saturated heterocycles. The van der Waals surface area contributed by atoms with Gasteiger partial charge in [-0.3, -0.25) is 4.79 Å². The van der Waals surface area contributed by atoms with Gasteiger partial charge < -0.3 is 24.6 Å². The summed E-state index contributed by atoms with van der Waals surface area (Å²) in [7, 11) is 0. The number of aryl methyl sites for hydroxylation is 1. The zero-order valence-electron chi connectivity index (χ0n) is 21.2. The number of nitrogens with zero attached hydrogens (tertiary/aromatic N) is 2. The van der Waals surface area contributed by atoms with Crippen LogP contribution in [0.1, 0.15) is 52.4 Å². The van der Waals surface area contributed by atoms with Gasteiger partial charge in [-0.1, -0.05) is 49.4 Å². The van der Waals surface area contributed by atoms with E-state index in [9.17, 15) is 19.1 Å². The molecule has 0 bridgehead atoms. The molecular formula is C28H30FN3O6. The molecule has 10 heteroatoms. The lowest BCUT2D eigenvalue weighted by atomic mass is 10.0. The maximum atomic E-state index is 13.2. The molecular weight excluding hydrogens is 493 g/mol. The number of hydrogen-bond donors (Lipinski definition) is 2. The van der Waals surface area contributed by atoms with E-state index in [4.69, 9.17) is 14.2 Å². The highest BCUT2D eigenvalue weighted by Gasteiger charge is 2.28. The molecule has 1 atom stereocenters. The zero-order valence-corrected chi connectivity index (χ0v) is 21.2. The van der Waals surface area contributed by atoms with Crippen molar-refractivity contribution in [3.05, 3.63) is 88.8 Å². The Kier molecular flexibility index (Phi) is 8.98. The van der Waals surface area contributed by atoms with Gasteiger partial charge in [0.05, 0.1) is 25.3 Å². The van der Waals surface area contributed by atoms with Gasteiger partial charge in [0.25, 0.3) is 5.91 Å². The minimum atomic E-state index is -1.14. The summed E-state index contributed by atoms with van der Waals surface area (Å²) >= 11 is 0. The number of carboxylic acids is 1. The Hall–Kier alpha value is -3.89. The first-order valence-corrected chi connectivity index (χ1v) is 12.4. The van der Waals surface area contributed by atoms with Crippen LogP contribution in [-0.2, 0) is 27.3 Å². The van der Waals surface area contributed by atoms with Gasteiger partial charge in [-0.2, -0.15) is 0 Å². The maximum Gasteiger partial charge on any atom is 0.326 e. The van der Waals surface area contributed by atoms with Crippen molar-refractivity contribution >= 4 is 11.9 Å². The molecule has 0 spiro atoms. The van der Waals surface area contributed by atoms with Crippen LogP contribution in [0.2, 0.25) is 0 Å². The average Bonchev–Trinajstić information content (AvgIpc) is 2.92. The van der Waals surface area contributed by atoms with Crippen molar-refractivity contribution < 1.29 is 33.3 Å². The first-order chi connectivity index (χ1) is 18.3. The highest BCUT2D eigenvalue weighted by Crippen LogP contribution is 2.26. The highest BCUT2D eigenvalue weighted by atomic mass is 19.1. The molecule has 1 aliphatic rings. The van der Waals surface area contributed by atoms with E-state index in [0.29, 0.717) is 24.7 Å². The number of carbonyl (C=O) groups excluding carboxylic acids is 1. The Bertz CT molecular complexity index is 1250. The van der Waals surface area contributed by atoms with Crippen molar-refractivity contribution in [1.82, 2.24) is 15.3 Å². The second kappa shape index (κ2) is 12.6. The lowest BCUT2D eigenvalue weighted by molar-refractivity contribution is -0.186. The number of carboxylic acid groups (broad SMARTS) is 1. The summed E-state index contributed by atoms with van der Waals surface area (Å²) in [6.45, 7) is 4.29. The van der Waals surface area contributed by atoms with E-state index in [1.807, 2.05) is 30.3 Å². The van der Waals surface area contributed by atoms with Crippen molar-refractivity contribution in [2.45, 2.75) is 51.5 Å². The van der Waals surface area contributed by atoms with Crippen LogP contribution in [-0.4, -0.2) is 52.5 Å². The molecule has 4 rings (SSSR count). The fourth-order valence-electron chi connectivity index (χ4n) is 4.07. The predicted molar refractivity (Wildman–Crippen MR) is 135 cm³/mol. The molecule has 9 nitrogen and oxygen atoms in total. The molecule has 0 saturated carbocycles. The predicted octanol–water partition coefficient (Wildman–Crippen LogP) is 3.80. The molecule has 1 aromatic heterocycles. The van der Waals surface area contributed by atoms with Crippen molar-refractivity contribution in [2.24, 2.45) is 0 Å².